The van der Waals surface area contributed by atoms with Gasteiger partial charge in [0.15, 0.2) is 6.10 Å². The van der Waals surface area contributed by atoms with Crippen molar-refractivity contribution in [1.82, 2.24) is 0 Å². The highest BCUT2D eigenvalue weighted by Crippen LogP contribution is 2.38. The quantitative estimate of drug-likeness (QED) is 0.862. The molecule has 0 heterocycles. The van der Waals surface area contributed by atoms with Gasteiger partial charge in [-0.3, -0.25) is 0 Å². The van der Waals surface area contributed by atoms with E-state index in [2.05, 4.69) is 22.9 Å². The molecule has 2 aliphatic carbocycles. The molecular formula is C14H17BrO3. The van der Waals surface area contributed by atoms with Gasteiger partial charge >= 0.3 is 5.97 Å². The van der Waals surface area contributed by atoms with Crippen LogP contribution in [0.1, 0.15) is 26.2 Å². The fourth-order valence-electron chi connectivity index (χ4n) is 2.30. The number of hydrogen-bond donors (Lipinski definition) is 1. The van der Waals surface area contributed by atoms with Crippen molar-refractivity contribution in [3.05, 3.63) is 34.5 Å². The Morgan fingerprint density at radius 1 is 1.50 bits per heavy atom. The molecule has 0 amide bonds. The highest BCUT2D eigenvalue weighted by atomic mass is 79.9. The van der Waals surface area contributed by atoms with E-state index in [1.54, 1.807) is 0 Å². The van der Waals surface area contributed by atoms with Crippen LogP contribution < -0.4 is 0 Å². The molecule has 0 aromatic carbocycles. The Bertz CT molecular complexity index is 423. The zero-order valence-corrected chi connectivity index (χ0v) is 11.9. The molecule has 1 fully saturated rings. The Hall–Kier alpha value is -1.03. The Labute approximate surface area is 115 Å². The second-order valence-corrected chi connectivity index (χ2v) is 5.80. The predicted molar refractivity (Wildman–Crippen MR) is 73.2 cm³/mol. The lowest BCUT2D eigenvalue weighted by atomic mass is 9.71. The van der Waals surface area contributed by atoms with Gasteiger partial charge in [-0.15, -0.1) is 0 Å². The SMILES string of the molecule is CC1CCC1C(OC1=CC=C(Br)C=CC1)C(=O)O. The van der Waals surface area contributed by atoms with Crippen LogP contribution in [-0.4, -0.2) is 17.2 Å². The van der Waals surface area contributed by atoms with E-state index in [1.165, 1.54) is 0 Å². The molecule has 1 saturated carbocycles. The molecule has 0 radical (unpaired) electrons. The number of carboxylic acid groups (broad SMARTS) is 1. The lowest BCUT2D eigenvalue weighted by Gasteiger charge is -2.38. The van der Waals surface area contributed by atoms with Crippen LogP contribution in [0.5, 0.6) is 0 Å². The zero-order chi connectivity index (χ0) is 13.1. The molecule has 3 unspecified atom stereocenters. The van der Waals surface area contributed by atoms with Crippen molar-refractivity contribution >= 4 is 21.9 Å². The summed E-state index contributed by atoms with van der Waals surface area (Å²) in [5, 5.41) is 9.28. The summed E-state index contributed by atoms with van der Waals surface area (Å²) < 4.78 is 6.66. The van der Waals surface area contributed by atoms with Crippen molar-refractivity contribution < 1.29 is 14.6 Å². The van der Waals surface area contributed by atoms with Gasteiger partial charge in [0.05, 0.1) is 0 Å². The van der Waals surface area contributed by atoms with E-state index in [-0.39, 0.29) is 5.92 Å². The molecule has 2 rings (SSSR count). The van der Waals surface area contributed by atoms with Crippen LogP contribution >= 0.6 is 15.9 Å². The molecule has 0 aliphatic heterocycles. The van der Waals surface area contributed by atoms with Gasteiger partial charge in [0.1, 0.15) is 5.76 Å². The summed E-state index contributed by atoms with van der Waals surface area (Å²) in [4.78, 5) is 11.3. The van der Waals surface area contributed by atoms with Crippen LogP contribution in [0.3, 0.4) is 0 Å². The van der Waals surface area contributed by atoms with E-state index >= 15 is 0 Å². The van der Waals surface area contributed by atoms with Crippen LogP contribution in [0.4, 0.5) is 0 Å². The van der Waals surface area contributed by atoms with Gasteiger partial charge in [0.25, 0.3) is 0 Å². The van der Waals surface area contributed by atoms with Crippen LogP contribution in [-0.2, 0) is 9.53 Å². The Morgan fingerprint density at radius 3 is 2.83 bits per heavy atom. The summed E-state index contributed by atoms with van der Waals surface area (Å²) in [5.41, 5.74) is 0. The Kier molecular flexibility index (Phi) is 4.27. The normalized spacial score (nSPS) is 28.6. The molecule has 4 heteroatoms. The molecule has 3 atom stereocenters. The minimum atomic E-state index is -0.858. The van der Waals surface area contributed by atoms with Gasteiger partial charge in [-0.05, 0) is 30.9 Å². The van der Waals surface area contributed by atoms with Crippen molar-refractivity contribution in [2.75, 3.05) is 0 Å². The summed E-state index contributed by atoms with van der Waals surface area (Å²) in [5.74, 6) is 0.439. The summed E-state index contributed by atoms with van der Waals surface area (Å²) in [7, 11) is 0. The first-order valence-electron chi connectivity index (χ1n) is 6.20. The third kappa shape index (κ3) is 3.05. The Morgan fingerprint density at radius 2 is 2.28 bits per heavy atom. The second-order valence-electron chi connectivity index (χ2n) is 4.89. The minimum Gasteiger partial charge on any atom is -0.482 e. The highest BCUT2D eigenvalue weighted by molar-refractivity contribution is 9.11. The number of halogens is 1. The number of carboxylic acids is 1. The number of ether oxygens (including phenoxy) is 1. The van der Waals surface area contributed by atoms with Crippen molar-refractivity contribution in [2.45, 2.75) is 32.3 Å². The molecule has 3 nitrogen and oxygen atoms in total. The van der Waals surface area contributed by atoms with Crippen molar-refractivity contribution in [1.29, 1.82) is 0 Å². The molecular weight excluding hydrogens is 296 g/mol. The first-order chi connectivity index (χ1) is 8.58. The maximum absolute atomic E-state index is 11.3. The molecule has 0 aromatic rings. The van der Waals surface area contributed by atoms with Crippen LogP contribution in [0.25, 0.3) is 0 Å². The number of carbonyl (C=O) groups is 1. The topological polar surface area (TPSA) is 46.5 Å². The third-order valence-corrected chi connectivity index (χ3v) is 4.15. The summed E-state index contributed by atoms with van der Waals surface area (Å²) in [6.45, 7) is 2.09. The first-order valence-corrected chi connectivity index (χ1v) is 6.99. The van der Waals surface area contributed by atoms with Gasteiger partial charge < -0.3 is 9.84 Å². The third-order valence-electron chi connectivity index (χ3n) is 3.62. The molecule has 0 spiro atoms. The number of rotatable bonds is 4. The lowest BCUT2D eigenvalue weighted by Crippen LogP contribution is -2.41. The van der Waals surface area contributed by atoms with E-state index in [0.29, 0.717) is 18.1 Å². The predicted octanol–water partition coefficient (Wildman–Crippen LogP) is 3.62. The maximum Gasteiger partial charge on any atom is 0.345 e. The van der Waals surface area contributed by atoms with Crippen LogP contribution in [0.15, 0.2) is 34.5 Å². The van der Waals surface area contributed by atoms with Gasteiger partial charge in [0, 0.05) is 16.8 Å². The molecule has 2 aliphatic rings. The molecule has 0 bridgehead atoms. The average Bonchev–Trinajstić information content (AvgIpc) is 2.51. The fraction of sp³-hybridized carbons (Fsp3) is 0.500. The number of hydrogen-bond acceptors (Lipinski definition) is 2. The smallest absolute Gasteiger partial charge is 0.345 e. The van der Waals surface area contributed by atoms with Gasteiger partial charge in [0.2, 0.25) is 0 Å². The second kappa shape index (κ2) is 5.74. The maximum atomic E-state index is 11.3. The fourth-order valence-corrected chi connectivity index (χ4v) is 2.62. The van der Waals surface area contributed by atoms with Crippen molar-refractivity contribution in [3.63, 3.8) is 0 Å². The van der Waals surface area contributed by atoms with Crippen LogP contribution in [0.2, 0.25) is 0 Å². The van der Waals surface area contributed by atoms with Crippen LogP contribution in [0, 0.1) is 11.8 Å². The minimum absolute atomic E-state index is 0.142. The van der Waals surface area contributed by atoms with Gasteiger partial charge in [-0.2, -0.15) is 0 Å². The van der Waals surface area contributed by atoms with E-state index < -0.39 is 12.1 Å². The molecule has 1 N–H and O–H groups in total. The number of aliphatic carboxylic acids is 1. The average molecular weight is 313 g/mol. The van der Waals surface area contributed by atoms with Crippen molar-refractivity contribution in [3.8, 4) is 0 Å². The van der Waals surface area contributed by atoms with E-state index in [9.17, 15) is 9.90 Å². The van der Waals surface area contributed by atoms with E-state index in [1.807, 2.05) is 24.3 Å². The summed E-state index contributed by atoms with van der Waals surface area (Å²) >= 11 is 3.38. The largest absolute Gasteiger partial charge is 0.482 e. The highest BCUT2D eigenvalue weighted by Gasteiger charge is 2.39. The molecule has 98 valence electrons. The molecule has 0 aromatic heterocycles. The zero-order valence-electron chi connectivity index (χ0n) is 10.3. The lowest BCUT2D eigenvalue weighted by molar-refractivity contribution is -0.155. The van der Waals surface area contributed by atoms with E-state index in [0.717, 1.165) is 17.3 Å². The number of allylic oxidation sites excluding steroid dienone is 5. The van der Waals surface area contributed by atoms with E-state index in [4.69, 9.17) is 4.74 Å². The standard InChI is InChI=1S/C14H17BrO3/c1-9-5-8-12(9)13(14(16)17)18-11-4-2-3-10(15)6-7-11/h2-3,6-7,9,12-13H,4-5,8H2,1H3,(H,16,17). The Balaban J connectivity index is 2.05. The summed E-state index contributed by atoms with van der Waals surface area (Å²) in [6, 6.07) is 0. The molecule has 18 heavy (non-hydrogen) atoms. The summed E-state index contributed by atoms with van der Waals surface area (Å²) in [6.07, 6.45) is 9.58. The molecule has 0 saturated heterocycles. The first kappa shape index (κ1) is 13.4. The monoisotopic (exact) mass is 312 g/mol. The van der Waals surface area contributed by atoms with Gasteiger partial charge in [-0.1, -0.05) is 35.0 Å². The van der Waals surface area contributed by atoms with Gasteiger partial charge in [-0.25, -0.2) is 4.79 Å². The van der Waals surface area contributed by atoms with Crippen molar-refractivity contribution in [2.24, 2.45) is 11.8 Å².